The maximum absolute atomic E-state index is 5.94. The highest BCUT2D eigenvalue weighted by Gasteiger charge is 2.13. The molecule has 3 aromatic rings. The van der Waals surface area contributed by atoms with Gasteiger partial charge in [-0.1, -0.05) is 36.4 Å². The van der Waals surface area contributed by atoms with Crippen molar-refractivity contribution in [1.29, 1.82) is 0 Å². The summed E-state index contributed by atoms with van der Waals surface area (Å²) in [5.41, 5.74) is 10.1. The van der Waals surface area contributed by atoms with Crippen molar-refractivity contribution in [3.05, 3.63) is 65.5 Å². The summed E-state index contributed by atoms with van der Waals surface area (Å²) in [5, 5.41) is 0. The van der Waals surface area contributed by atoms with Crippen LogP contribution in [0.5, 0.6) is 0 Å². The second kappa shape index (κ2) is 4.86. The normalized spacial score (nSPS) is 12.7. The Hall–Kier alpha value is -2.13. The first-order valence-corrected chi connectivity index (χ1v) is 6.40. The number of aryl methyl sites for hydroxylation is 1. The molecule has 0 aliphatic carbocycles. The molecule has 3 rings (SSSR count). The van der Waals surface area contributed by atoms with E-state index in [1.54, 1.807) is 0 Å². The van der Waals surface area contributed by atoms with Gasteiger partial charge in [0.25, 0.3) is 0 Å². The molecule has 1 atom stereocenters. The lowest BCUT2D eigenvalue weighted by Crippen LogP contribution is -2.13. The van der Waals surface area contributed by atoms with Crippen molar-refractivity contribution in [3.8, 4) is 0 Å². The number of nitrogens with two attached hydrogens (primary N) is 1. The molecule has 0 amide bonds. The van der Waals surface area contributed by atoms with Crippen molar-refractivity contribution in [2.45, 2.75) is 12.8 Å². The van der Waals surface area contributed by atoms with Crippen LogP contribution in [-0.2, 0) is 0 Å². The SMILES string of the molecule is Cc1nc2cc(C(CN)c3ccccc3)ccc2o1. The number of nitrogens with zero attached hydrogens (tertiary/aromatic N) is 1. The van der Waals surface area contributed by atoms with Crippen LogP contribution in [0.2, 0.25) is 0 Å². The van der Waals surface area contributed by atoms with Crippen LogP contribution in [0.1, 0.15) is 22.9 Å². The van der Waals surface area contributed by atoms with Gasteiger partial charge < -0.3 is 10.2 Å². The lowest BCUT2D eigenvalue weighted by molar-refractivity contribution is 0.561. The van der Waals surface area contributed by atoms with E-state index in [1.165, 1.54) is 11.1 Å². The minimum atomic E-state index is 0.197. The first-order chi connectivity index (χ1) is 9.28. The average molecular weight is 252 g/mol. The highest BCUT2D eigenvalue weighted by molar-refractivity contribution is 5.73. The summed E-state index contributed by atoms with van der Waals surface area (Å²) in [6.07, 6.45) is 0. The fourth-order valence-corrected chi connectivity index (χ4v) is 2.43. The fourth-order valence-electron chi connectivity index (χ4n) is 2.43. The van der Waals surface area contributed by atoms with E-state index in [2.05, 4.69) is 29.2 Å². The molecule has 1 heterocycles. The molecule has 19 heavy (non-hydrogen) atoms. The van der Waals surface area contributed by atoms with Crippen LogP contribution >= 0.6 is 0 Å². The van der Waals surface area contributed by atoms with E-state index in [4.69, 9.17) is 10.2 Å². The standard InChI is InChI=1S/C16H16N2O/c1-11-18-15-9-13(7-8-16(15)19-11)14(10-17)12-5-3-2-4-6-12/h2-9,14H,10,17H2,1H3. The van der Waals surface area contributed by atoms with Gasteiger partial charge in [-0.05, 0) is 23.3 Å². The molecule has 0 radical (unpaired) electrons. The minimum Gasteiger partial charge on any atom is -0.441 e. The van der Waals surface area contributed by atoms with Crippen molar-refractivity contribution in [2.75, 3.05) is 6.54 Å². The number of aromatic nitrogens is 1. The van der Waals surface area contributed by atoms with E-state index in [-0.39, 0.29) is 5.92 Å². The minimum absolute atomic E-state index is 0.197. The maximum atomic E-state index is 5.94. The molecule has 3 heteroatoms. The number of hydrogen-bond donors (Lipinski definition) is 1. The molecule has 1 unspecified atom stereocenters. The van der Waals surface area contributed by atoms with Crippen molar-refractivity contribution < 1.29 is 4.42 Å². The Morgan fingerprint density at radius 2 is 1.89 bits per heavy atom. The van der Waals surface area contributed by atoms with Crippen molar-refractivity contribution in [2.24, 2.45) is 5.73 Å². The lowest BCUT2D eigenvalue weighted by Gasteiger charge is -2.15. The van der Waals surface area contributed by atoms with E-state index < -0.39 is 0 Å². The van der Waals surface area contributed by atoms with Gasteiger partial charge in [0.15, 0.2) is 11.5 Å². The van der Waals surface area contributed by atoms with E-state index in [0.29, 0.717) is 12.4 Å². The highest BCUT2D eigenvalue weighted by atomic mass is 16.3. The van der Waals surface area contributed by atoms with Crippen molar-refractivity contribution >= 4 is 11.1 Å². The summed E-state index contributed by atoms with van der Waals surface area (Å²) >= 11 is 0. The molecule has 0 fully saturated rings. The largest absolute Gasteiger partial charge is 0.441 e. The van der Waals surface area contributed by atoms with E-state index in [0.717, 1.165) is 11.1 Å². The van der Waals surface area contributed by atoms with Gasteiger partial charge in [0.1, 0.15) is 5.52 Å². The van der Waals surface area contributed by atoms with Crippen molar-refractivity contribution in [3.63, 3.8) is 0 Å². The maximum Gasteiger partial charge on any atom is 0.192 e. The summed E-state index contributed by atoms with van der Waals surface area (Å²) < 4.78 is 5.50. The molecule has 3 nitrogen and oxygen atoms in total. The third-order valence-electron chi connectivity index (χ3n) is 3.36. The van der Waals surface area contributed by atoms with Crippen LogP contribution in [0, 0.1) is 6.92 Å². The smallest absolute Gasteiger partial charge is 0.192 e. The number of benzene rings is 2. The summed E-state index contributed by atoms with van der Waals surface area (Å²) in [6, 6.07) is 16.4. The first-order valence-electron chi connectivity index (χ1n) is 6.40. The monoisotopic (exact) mass is 252 g/mol. The predicted molar refractivity (Wildman–Crippen MR) is 76.1 cm³/mol. The zero-order valence-corrected chi connectivity index (χ0v) is 10.8. The Kier molecular flexibility index (Phi) is 3.05. The van der Waals surface area contributed by atoms with E-state index >= 15 is 0 Å². The van der Waals surface area contributed by atoms with Gasteiger partial charge in [0.2, 0.25) is 0 Å². The summed E-state index contributed by atoms with van der Waals surface area (Å²) in [7, 11) is 0. The van der Waals surface area contributed by atoms with Gasteiger partial charge in [-0.3, -0.25) is 0 Å². The molecular formula is C16H16N2O. The molecule has 2 N–H and O–H groups in total. The Balaban J connectivity index is 2.06. The number of rotatable bonds is 3. The Labute approximate surface area is 112 Å². The second-order valence-electron chi connectivity index (χ2n) is 4.66. The zero-order valence-electron chi connectivity index (χ0n) is 10.8. The van der Waals surface area contributed by atoms with Gasteiger partial charge in [0, 0.05) is 19.4 Å². The summed E-state index contributed by atoms with van der Waals surface area (Å²) in [5.74, 6) is 0.888. The number of fused-ring (bicyclic) bond motifs is 1. The molecular weight excluding hydrogens is 236 g/mol. The average Bonchev–Trinajstić information content (AvgIpc) is 2.80. The topological polar surface area (TPSA) is 52.0 Å². The lowest BCUT2D eigenvalue weighted by atomic mass is 9.91. The van der Waals surface area contributed by atoms with Gasteiger partial charge in [-0.15, -0.1) is 0 Å². The predicted octanol–water partition coefficient (Wildman–Crippen LogP) is 3.23. The fraction of sp³-hybridized carbons (Fsp3) is 0.188. The zero-order chi connectivity index (χ0) is 13.2. The molecule has 0 aliphatic heterocycles. The molecule has 0 saturated carbocycles. The Morgan fingerprint density at radius 1 is 1.11 bits per heavy atom. The molecule has 96 valence electrons. The molecule has 2 aromatic carbocycles. The molecule has 0 spiro atoms. The summed E-state index contributed by atoms with van der Waals surface area (Å²) in [6.45, 7) is 2.43. The molecule has 0 saturated heterocycles. The quantitative estimate of drug-likeness (QED) is 0.778. The van der Waals surface area contributed by atoms with Crippen LogP contribution in [0.25, 0.3) is 11.1 Å². The van der Waals surface area contributed by atoms with Crippen LogP contribution in [0.15, 0.2) is 52.9 Å². The van der Waals surface area contributed by atoms with Crippen molar-refractivity contribution in [1.82, 2.24) is 4.98 Å². The van der Waals surface area contributed by atoms with Crippen LogP contribution in [-0.4, -0.2) is 11.5 Å². The van der Waals surface area contributed by atoms with Gasteiger partial charge in [-0.2, -0.15) is 0 Å². The summed E-state index contributed by atoms with van der Waals surface area (Å²) in [4.78, 5) is 4.38. The Bertz CT molecular complexity index is 688. The Morgan fingerprint density at radius 3 is 2.63 bits per heavy atom. The van der Waals surface area contributed by atoms with Gasteiger partial charge >= 0.3 is 0 Å². The second-order valence-corrected chi connectivity index (χ2v) is 4.66. The molecule has 1 aromatic heterocycles. The van der Waals surface area contributed by atoms with Crippen LogP contribution < -0.4 is 5.73 Å². The van der Waals surface area contributed by atoms with Gasteiger partial charge in [0.05, 0.1) is 0 Å². The third kappa shape index (κ3) is 2.25. The first kappa shape index (κ1) is 11.9. The highest BCUT2D eigenvalue weighted by Crippen LogP contribution is 2.26. The molecule has 0 aliphatic rings. The number of hydrogen-bond acceptors (Lipinski definition) is 3. The van der Waals surface area contributed by atoms with Crippen LogP contribution in [0.3, 0.4) is 0 Å². The molecule has 0 bridgehead atoms. The van der Waals surface area contributed by atoms with E-state index in [1.807, 2.05) is 31.2 Å². The number of oxazole rings is 1. The van der Waals surface area contributed by atoms with Crippen LogP contribution in [0.4, 0.5) is 0 Å². The third-order valence-corrected chi connectivity index (χ3v) is 3.36. The van der Waals surface area contributed by atoms with E-state index in [9.17, 15) is 0 Å². The van der Waals surface area contributed by atoms with Gasteiger partial charge in [-0.25, -0.2) is 4.98 Å².